The first-order valence-electron chi connectivity index (χ1n) is 6.65. The second-order valence-electron chi connectivity index (χ2n) is 5.19. The van der Waals surface area contributed by atoms with Crippen LogP contribution in [0.2, 0.25) is 0 Å². The van der Waals surface area contributed by atoms with Gasteiger partial charge in [0.2, 0.25) is 0 Å². The normalized spacial score (nSPS) is 17.7. The molecular formula is C15H23NO2. The van der Waals surface area contributed by atoms with Crippen LogP contribution in [0.5, 0.6) is 11.5 Å². The van der Waals surface area contributed by atoms with E-state index in [4.69, 9.17) is 9.47 Å². The zero-order chi connectivity index (χ0) is 13.0. The molecule has 0 aliphatic carbocycles. The number of piperidine rings is 1. The Morgan fingerprint density at radius 3 is 2.67 bits per heavy atom. The number of ether oxygens (including phenoxy) is 2. The van der Waals surface area contributed by atoms with Gasteiger partial charge >= 0.3 is 0 Å². The predicted octanol–water partition coefficient (Wildman–Crippen LogP) is 2.72. The summed E-state index contributed by atoms with van der Waals surface area (Å²) in [5, 5.41) is 0. The summed E-state index contributed by atoms with van der Waals surface area (Å²) in [6.07, 6.45) is 2.47. The van der Waals surface area contributed by atoms with Gasteiger partial charge in [-0.05, 0) is 57.5 Å². The van der Waals surface area contributed by atoms with Crippen molar-refractivity contribution in [1.29, 1.82) is 0 Å². The fraction of sp³-hybridized carbons (Fsp3) is 0.600. The van der Waals surface area contributed by atoms with Gasteiger partial charge < -0.3 is 14.4 Å². The molecule has 0 unspecified atom stereocenters. The van der Waals surface area contributed by atoms with E-state index in [1.54, 1.807) is 7.11 Å². The Morgan fingerprint density at radius 1 is 1.28 bits per heavy atom. The molecule has 3 nitrogen and oxygen atoms in total. The molecule has 1 aliphatic heterocycles. The molecule has 1 heterocycles. The molecule has 1 saturated heterocycles. The molecule has 1 fully saturated rings. The third-order valence-electron chi connectivity index (χ3n) is 3.70. The predicted molar refractivity (Wildman–Crippen MR) is 73.4 cm³/mol. The van der Waals surface area contributed by atoms with Crippen LogP contribution in [0.1, 0.15) is 18.4 Å². The minimum absolute atomic E-state index is 0.688. The molecule has 0 spiro atoms. The van der Waals surface area contributed by atoms with Crippen LogP contribution >= 0.6 is 0 Å². The molecule has 0 radical (unpaired) electrons. The largest absolute Gasteiger partial charge is 0.496 e. The summed E-state index contributed by atoms with van der Waals surface area (Å²) >= 11 is 0. The highest BCUT2D eigenvalue weighted by molar-refractivity contribution is 5.39. The highest BCUT2D eigenvalue weighted by Gasteiger charge is 2.17. The first-order valence-corrected chi connectivity index (χ1v) is 6.65. The van der Waals surface area contributed by atoms with Crippen LogP contribution in [0.4, 0.5) is 0 Å². The van der Waals surface area contributed by atoms with Crippen molar-refractivity contribution in [3.63, 3.8) is 0 Å². The van der Waals surface area contributed by atoms with Crippen LogP contribution in [-0.2, 0) is 0 Å². The molecule has 3 heteroatoms. The maximum atomic E-state index is 5.88. The van der Waals surface area contributed by atoms with Gasteiger partial charge in [0.25, 0.3) is 0 Å². The average Bonchev–Trinajstić information content (AvgIpc) is 2.39. The van der Waals surface area contributed by atoms with Crippen molar-refractivity contribution in [1.82, 2.24) is 4.90 Å². The van der Waals surface area contributed by atoms with E-state index in [0.717, 1.165) is 23.7 Å². The average molecular weight is 249 g/mol. The van der Waals surface area contributed by atoms with Crippen LogP contribution in [0.25, 0.3) is 0 Å². The Bertz CT molecular complexity index is 384. The van der Waals surface area contributed by atoms with Crippen molar-refractivity contribution in [2.75, 3.05) is 33.9 Å². The fourth-order valence-electron chi connectivity index (χ4n) is 2.33. The molecule has 1 aromatic rings. The summed E-state index contributed by atoms with van der Waals surface area (Å²) in [7, 11) is 3.88. The Balaban J connectivity index is 1.86. The van der Waals surface area contributed by atoms with Crippen LogP contribution in [-0.4, -0.2) is 38.8 Å². The van der Waals surface area contributed by atoms with Gasteiger partial charge in [-0.2, -0.15) is 0 Å². The quantitative estimate of drug-likeness (QED) is 0.819. The second-order valence-corrected chi connectivity index (χ2v) is 5.19. The lowest BCUT2D eigenvalue weighted by atomic mass is 9.98. The van der Waals surface area contributed by atoms with Gasteiger partial charge in [0, 0.05) is 6.07 Å². The molecule has 0 amide bonds. The molecule has 0 aromatic heterocycles. The van der Waals surface area contributed by atoms with Crippen molar-refractivity contribution in [2.24, 2.45) is 5.92 Å². The summed E-state index contributed by atoms with van der Waals surface area (Å²) < 4.78 is 11.2. The third-order valence-corrected chi connectivity index (χ3v) is 3.70. The van der Waals surface area contributed by atoms with Crippen molar-refractivity contribution in [3.05, 3.63) is 23.8 Å². The van der Waals surface area contributed by atoms with E-state index >= 15 is 0 Å². The smallest absolute Gasteiger partial charge is 0.125 e. The Kier molecular flexibility index (Phi) is 4.48. The number of hydrogen-bond donors (Lipinski definition) is 0. The number of methoxy groups -OCH3 is 1. The summed E-state index contributed by atoms with van der Waals surface area (Å²) in [5.74, 6) is 2.50. The van der Waals surface area contributed by atoms with Crippen molar-refractivity contribution in [3.8, 4) is 11.5 Å². The van der Waals surface area contributed by atoms with Gasteiger partial charge in [0.05, 0.1) is 13.7 Å². The Morgan fingerprint density at radius 2 is 2.00 bits per heavy atom. The van der Waals surface area contributed by atoms with Crippen molar-refractivity contribution in [2.45, 2.75) is 19.8 Å². The molecule has 100 valence electrons. The number of hydrogen-bond acceptors (Lipinski definition) is 3. The lowest BCUT2D eigenvalue weighted by Crippen LogP contribution is -2.32. The molecule has 0 N–H and O–H groups in total. The van der Waals surface area contributed by atoms with Gasteiger partial charge in [-0.1, -0.05) is 6.07 Å². The minimum Gasteiger partial charge on any atom is -0.496 e. The first kappa shape index (κ1) is 13.2. The number of rotatable bonds is 4. The number of nitrogens with zero attached hydrogens (tertiary/aromatic N) is 1. The Labute approximate surface area is 110 Å². The van der Waals surface area contributed by atoms with Gasteiger partial charge in [-0.3, -0.25) is 0 Å². The van der Waals surface area contributed by atoms with Crippen LogP contribution in [0.3, 0.4) is 0 Å². The van der Waals surface area contributed by atoms with Gasteiger partial charge in [0.1, 0.15) is 11.5 Å². The Hall–Kier alpha value is -1.22. The lowest BCUT2D eigenvalue weighted by Gasteiger charge is -2.28. The zero-order valence-corrected chi connectivity index (χ0v) is 11.6. The van der Waals surface area contributed by atoms with Crippen LogP contribution < -0.4 is 9.47 Å². The fourth-order valence-corrected chi connectivity index (χ4v) is 2.33. The maximum absolute atomic E-state index is 5.88. The molecule has 1 aliphatic rings. The highest BCUT2D eigenvalue weighted by atomic mass is 16.5. The number of aryl methyl sites for hydroxylation is 1. The zero-order valence-electron chi connectivity index (χ0n) is 11.6. The van der Waals surface area contributed by atoms with Crippen molar-refractivity contribution < 1.29 is 9.47 Å². The van der Waals surface area contributed by atoms with E-state index in [1.807, 2.05) is 25.1 Å². The van der Waals surface area contributed by atoms with E-state index in [9.17, 15) is 0 Å². The highest BCUT2D eigenvalue weighted by Crippen LogP contribution is 2.25. The standard InChI is InChI=1S/C15H23NO2/c1-12-4-5-14(10-15(12)17-3)18-11-13-6-8-16(2)9-7-13/h4-5,10,13H,6-9,11H2,1-3H3. The van der Waals surface area contributed by atoms with E-state index in [1.165, 1.54) is 25.9 Å². The van der Waals surface area contributed by atoms with Gasteiger partial charge in [-0.15, -0.1) is 0 Å². The number of likely N-dealkylation sites (tertiary alicyclic amines) is 1. The third kappa shape index (κ3) is 3.39. The molecule has 18 heavy (non-hydrogen) atoms. The molecule has 2 rings (SSSR count). The monoisotopic (exact) mass is 249 g/mol. The molecule has 0 saturated carbocycles. The van der Waals surface area contributed by atoms with Crippen LogP contribution in [0, 0.1) is 12.8 Å². The van der Waals surface area contributed by atoms with E-state index in [-0.39, 0.29) is 0 Å². The van der Waals surface area contributed by atoms with E-state index in [0.29, 0.717) is 5.92 Å². The van der Waals surface area contributed by atoms with Crippen molar-refractivity contribution >= 4 is 0 Å². The number of benzene rings is 1. The summed E-state index contributed by atoms with van der Waals surface area (Å²) in [6.45, 7) is 5.23. The topological polar surface area (TPSA) is 21.7 Å². The summed E-state index contributed by atoms with van der Waals surface area (Å²) in [4.78, 5) is 2.38. The van der Waals surface area contributed by atoms with Gasteiger partial charge in [-0.25, -0.2) is 0 Å². The van der Waals surface area contributed by atoms with Crippen LogP contribution in [0.15, 0.2) is 18.2 Å². The SMILES string of the molecule is COc1cc(OCC2CCN(C)CC2)ccc1C. The van der Waals surface area contributed by atoms with E-state index < -0.39 is 0 Å². The molecule has 0 atom stereocenters. The second kappa shape index (κ2) is 6.10. The summed E-state index contributed by atoms with van der Waals surface area (Å²) in [5.41, 5.74) is 1.14. The molecular weight excluding hydrogens is 226 g/mol. The molecule has 0 bridgehead atoms. The first-order chi connectivity index (χ1) is 8.69. The van der Waals surface area contributed by atoms with E-state index in [2.05, 4.69) is 11.9 Å². The summed E-state index contributed by atoms with van der Waals surface area (Å²) in [6, 6.07) is 6.04. The lowest BCUT2D eigenvalue weighted by molar-refractivity contribution is 0.160. The molecule has 1 aromatic carbocycles. The minimum atomic E-state index is 0.688. The maximum Gasteiger partial charge on any atom is 0.125 e. The van der Waals surface area contributed by atoms with Gasteiger partial charge in [0.15, 0.2) is 0 Å².